The number of aromatic nitrogens is 3. The molecule has 0 atom stereocenters. The van der Waals surface area contributed by atoms with Crippen LogP contribution in [0.5, 0.6) is 11.5 Å². The maximum absolute atomic E-state index is 12.3. The molecule has 0 aliphatic carbocycles. The number of carbonyl (C=O) groups is 1. The van der Waals surface area contributed by atoms with Gasteiger partial charge in [0.1, 0.15) is 23.8 Å². The summed E-state index contributed by atoms with van der Waals surface area (Å²) in [6.45, 7) is 1.81. The second kappa shape index (κ2) is 9.86. The normalized spacial score (nSPS) is 11.0. The molecule has 168 valence electrons. The van der Waals surface area contributed by atoms with Crippen LogP contribution in [0.4, 0.5) is 0 Å². The molecule has 0 saturated heterocycles. The fourth-order valence-electron chi connectivity index (χ4n) is 3.27. The molecule has 4 aromatic rings. The van der Waals surface area contributed by atoms with Gasteiger partial charge in [-0.3, -0.25) is 0 Å². The van der Waals surface area contributed by atoms with Crippen molar-refractivity contribution < 1.29 is 23.5 Å². The van der Waals surface area contributed by atoms with Crippen molar-refractivity contribution in [3.05, 3.63) is 83.9 Å². The lowest BCUT2D eigenvalue weighted by Gasteiger charge is -2.09. The van der Waals surface area contributed by atoms with Gasteiger partial charge in [-0.25, -0.2) is 9.48 Å². The molecule has 2 aromatic heterocycles. The van der Waals surface area contributed by atoms with Crippen molar-refractivity contribution in [2.45, 2.75) is 13.5 Å². The van der Waals surface area contributed by atoms with Crippen LogP contribution in [-0.4, -0.2) is 35.1 Å². The van der Waals surface area contributed by atoms with Gasteiger partial charge in [0.2, 0.25) is 0 Å². The number of nitrogens with zero attached hydrogens (tertiary/aromatic N) is 3. The first kappa shape index (κ1) is 21.9. The number of ether oxygens (including phenoxy) is 3. The monoisotopic (exact) mass is 445 g/mol. The van der Waals surface area contributed by atoms with Gasteiger partial charge in [-0.15, -0.1) is 0 Å². The zero-order valence-corrected chi connectivity index (χ0v) is 18.5. The van der Waals surface area contributed by atoms with E-state index in [4.69, 9.17) is 23.8 Å². The minimum atomic E-state index is -0.499. The summed E-state index contributed by atoms with van der Waals surface area (Å²) in [5.74, 6) is 1.36. The van der Waals surface area contributed by atoms with Crippen LogP contribution < -0.4 is 9.47 Å². The van der Waals surface area contributed by atoms with E-state index in [0.29, 0.717) is 28.6 Å². The van der Waals surface area contributed by atoms with E-state index in [2.05, 4.69) is 5.16 Å². The first-order valence-electron chi connectivity index (χ1n) is 10.2. The lowest BCUT2D eigenvalue weighted by Crippen LogP contribution is -2.00. The van der Waals surface area contributed by atoms with E-state index in [1.807, 2.05) is 54.7 Å². The van der Waals surface area contributed by atoms with Crippen molar-refractivity contribution in [1.29, 1.82) is 0 Å². The Bertz CT molecular complexity index is 1270. The molecular formula is C25H23N3O5. The van der Waals surface area contributed by atoms with E-state index in [9.17, 15) is 4.79 Å². The van der Waals surface area contributed by atoms with Crippen molar-refractivity contribution in [2.75, 3.05) is 14.2 Å². The molecule has 0 bridgehead atoms. The van der Waals surface area contributed by atoms with Crippen LogP contribution in [0, 0.1) is 6.92 Å². The molecule has 0 amide bonds. The van der Waals surface area contributed by atoms with Gasteiger partial charge in [0.25, 0.3) is 0 Å². The summed E-state index contributed by atoms with van der Waals surface area (Å²) >= 11 is 0. The van der Waals surface area contributed by atoms with Crippen molar-refractivity contribution >= 4 is 12.0 Å². The molecule has 0 saturated carbocycles. The molecule has 2 heterocycles. The maximum Gasteiger partial charge on any atom is 0.331 e. The highest BCUT2D eigenvalue weighted by molar-refractivity contribution is 5.88. The number of hydrogen-bond acceptors (Lipinski definition) is 7. The minimum absolute atomic E-state index is 0.0341. The molecule has 33 heavy (non-hydrogen) atoms. The summed E-state index contributed by atoms with van der Waals surface area (Å²) in [4.78, 5) is 12.3. The molecule has 0 spiro atoms. The van der Waals surface area contributed by atoms with Crippen molar-refractivity contribution in [3.63, 3.8) is 0 Å². The third-order valence-electron chi connectivity index (χ3n) is 4.86. The van der Waals surface area contributed by atoms with E-state index in [1.165, 1.54) is 6.08 Å². The Morgan fingerprint density at radius 2 is 1.85 bits per heavy atom. The maximum atomic E-state index is 12.3. The summed E-state index contributed by atoms with van der Waals surface area (Å²) in [6, 6.07) is 17.0. The fraction of sp³-hybridized carbons (Fsp3) is 0.160. The van der Waals surface area contributed by atoms with Crippen molar-refractivity contribution in [2.24, 2.45) is 0 Å². The van der Waals surface area contributed by atoms with Gasteiger partial charge in [0, 0.05) is 29.5 Å². The molecule has 8 nitrogen and oxygen atoms in total. The minimum Gasteiger partial charge on any atom is -0.493 e. The van der Waals surface area contributed by atoms with E-state index >= 15 is 0 Å². The van der Waals surface area contributed by atoms with E-state index < -0.39 is 5.97 Å². The van der Waals surface area contributed by atoms with Gasteiger partial charge < -0.3 is 18.7 Å². The predicted molar refractivity (Wildman–Crippen MR) is 122 cm³/mol. The van der Waals surface area contributed by atoms with Gasteiger partial charge in [0.15, 0.2) is 11.5 Å². The van der Waals surface area contributed by atoms with Crippen LogP contribution in [0.15, 0.2) is 71.4 Å². The Morgan fingerprint density at radius 3 is 2.55 bits per heavy atom. The topological polar surface area (TPSA) is 88.6 Å². The summed E-state index contributed by atoms with van der Waals surface area (Å²) in [7, 11) is 3.17. The standard InChI is InChI=1S/C25H23N3O5/c1-17-13-20(27-33-17)16-32-24(29)12-10-19-15-28(21-7-5-4-6-8-21)26-25(19)18-9-11-22(30-2)23(14-18)31-3/h4-15H,16H2,1-3H3/b12-10+. The predicted octanol–water partition coefficient (Wildman–Crippen LogP) is 4.61. The summed E-state index contributed by atoms with van der Waals surface area (Å²) in [6.07, 6.45) is 4.89. The fourth-order valence-corrected chi connectivity index (χ4v) is 3.27. The number of rotatable bonds is 8. The lowest BCUT2D eigenvalue weighted by atomic mass is 10.1. The number of hydrogen-bond donors (Lipinski definition) is 0. The zero-order chi connectivity index (χ0) is 23.2. The molecule has 0 N–H and O–H groups in total. The number of para-hydroxylation sites is 1. The highest BCUT2D eigenvalue weighted by atomic mass is 16.5. The smallest absolute Gasteiger partial charge is 0.331 e. The number of aryl methyl sites for hydroxylation is 1. The van der Waals surface area contributed by atoms with Crippen molar-refractivity contribution in [3.8, 4) is 28.4 Å². The van der Waals surface area contributed by atoms with Crippen LogP contribution in [0.3, 0.4) is 0 Å². The van der Waals surface area contributed by atoms with Crippen LogP contribution in [0.2, 0.25) is 0 Å². The first-order valence-corrected chi connectivity index (χ1v) is 10.2. The number of carbonyl (C=O) groups excluding carboxylic acids is 1. The molecule has 2 aromatic carbocycles. The Balaban J connectivity index is 1.63. The van der Waals surface area contributed by atoms with Crippen LogP contribution >= 0.6 is 0 Å². The first-order chi connectivity index (χ1) is 16.1. The molecule has 0 fully saturated rings. The lowest BCUT2D eigenvalue weighted by molar-refractivity contribution is -0.139. The van der Waals surface area contributed by atoms with Crippen LogP contribution in [-0.2, 0) is 16.1 Å². The van der Waals surface area contributed by atoms with Gasteiger partial charge in [-0.1, -0.05) is 23.4 Å². The van der Waals surface area contributed by atoms with Gasteiger partial charge in [-0.05, 0) is 43.3 Å². The van der Waals surface area contributed by atoms with Crippen molar-refractivity contribution in [1.82, 2.24) is 14.9 Å². The number of benzene rings is 2. The van der Waals surface area contributed by atoms with Gasteiger partial charge >= 0.3 is 5.97 Å². The quantitative estimate of drug-likeness (QED) is 0.289. The molecule has 0 aliphatic rings. The third kappa shape index (κ3) is 5.12. The second-order valence-electron chi connectivity index (χ2n) is 7.15. The van der Waals surface area contributed by atoms with E-state index in [1.54, 1.807) is 38.0 Å². The number of methoxy groups -OCH3 is 2. The van der Waals surface area contributed by atoms with Gasteiger partial charge in [0.05, 0.1) is 19.9 Å². The Kier molecular flexibility index (Phi) is 6.54. The number of esters is 1. The largest absolute Gasteiger partial charge is 0.493 e. The highest BCUT2D eigenvalue weighted by Gasteiger charge is 2.14. The molecule has 8 heteroatoms. The Labute approximate surface area is 191 Å². The van der Waals surface area contributed by atoms with Crippen LogP contribution in [0.1, 0.15) is 17.0 Å². The summed E-state index contributed by atoms with van der Waals surface area (Å²) < 4.78 is 22.8. The Hall–Kier alpha value is -4.33. The Morgan fingerprint density at radius 1 is 1.06 bits per heavy atom. The van der Waals surface area contributed by atoms with Crippen LogP contribution in [0.25, 0.3) is 23.0 Å². The molecule has 4 rings (SSSR count). The second-order valence-corrected chi connectivity index (χ2v) is 7.15. The average molecular weight is 445 g/mol. The SMILES string of the molecule is COc1ccc(-c2nn(-c3ccccc3)cc2/C=C/C(=O)OCc2cc(C)on2)cc1OC. The van der Waals surface area contributed by atoms with E-state index in [-0.39, 0.29) is 6.61 Å². The third-order valence-corrected chi connectivity index (χ3v) is 4.86. The molecule has 0 aliphatic heterocycles. The highest BCUT2D eigenvalue weighted by Crippen LogP contribution is 2.33. The zero-order valence-electron chi connectivity index (χ0n) is 18.5. The molecule has 0 radical (unpaired) electrons. The summed E-state index contributed by atoms with van der Waals surface area (Å²) in [5, 5.41) is 8.57. The average Bonchev–Trinajstić information content (AvgIpc) is 3.47. The van der Waals surface area contributed by atoms with Gasteiger partial charge in [-0.2, -0.15) is 5.10 Å². The molecular weight excluding hydrogens is 422 g/mol. The van der Waals surface area contributed by atoms with E-state index in [0.717, 1.165) is 16.8 Å². The summed E-state index contributed by atoms with van der Waals surface area (Å²) in [5.41, 5.74) is 3.67. The molecule has 0 unspecified atom stereocenters.